The molecule has 1 heterocycles. The Morgan fingerprint density at radius 1 is 1.59 bits per heavy atom. The molecule has 96 valence electrons. The molecule has 0 aliphatic carbocycles. The van der Waals surface area contributed by atoms with Gasteiger partial charge in [0.1, 0.15) is 4.88 Å². The summed E-state index contributed by atoms with van der Waals surface area (Å²) in [5.74, 6) is -1.35. The number of carboxylic acid groups (broad SMARTS) is 1. The number of anilines is 1. The van der Waals surface area contributed by atoms with Crippen LogP contribution in [-0.2, 0) is 14.8 Å². The van der Waals surface area contributed by atoms with E-state index < -0.39 is 16.0 Å². The van der Waals surface area contributed by atoms with Crippen LogP contribution in [0, 0.1) is 0 Å². The van der Waals surface area contributed by atoms with E-state index in [4.69, 9.17) is 9.84 Å². The molecule has 0 spiro atoms. The van der Waals surface area contributed by atoms with Gasteiger partial charge in [0.2, 0.25) is 10.0 Å². The zero-order valence-corrected chi connectivity index (χ0v) is 10.8. The summed E-state index contributed by atoms with van der Waals surface area (Å²) in [6, 6.07) is 1.42. The van der Waals surface area contributed by atoms with Gasteiger partial charge in [-0.15, -0.1) is 11.3 Å². The maximum atomic E-state index is 11.6. The third-order valence-corrected chi connectivity index (χ3v) is 3.96. The second-order valence-electron chi connectivity index (χ2n) is 3.09. The van der Waals surface area contributed by atoms with Crippen molar-refractivity contribution in [2.45, 2.75) is 6.92 Å². The summed E-state index contributed by atoms with van der Waals surface area (Å²) >= 11 is 0.969. The second-order valence-corrected chi connectivity index (χ2v) is 5.84. The van der Waals surface area contributed by atoms with Crippen LogP contribution in [0.4, 0.5) is 5.69 Å². The van der Waals surface area contributed by atoms with Gasteiger partial charge in [0.05, 0.1) is 18.0 Å². The lowest BCUT2D eigenvalue weighted by molar-refractivity contribution is 0.0703. The maximum absolute atomic E-state index is 11.6. The molecule has 17 heavy (non-hydrogen) atoms. The van der Waals surface area contributed by atoms with Gasteiger partial charge in [0, 0.05) is 6.61 Å². The van der Waals surface area contributed by atoms with Crippen molar-refractivity contribution in [2.24, 2.45) is 0 Å². The Labute approximate surface area is 103 Å². The summed E-state index contributed by atoms with van der Waals surface area (Å²) in [7, 11) is -3.56. The number of hydrogen-bond acceptors (Lipinski definition) is 5. The standard InChI is InChI=1S/C9H13NO5S2/c1-2-15-4-6-17(13,14)10-7-3-5-16-8(7)9(11)12/h3,5,10H,2,4,6H2,1H3,(H,11,12). The van der Waals surface area contributed by atoms with Crippen LogP contribution in [0.15, 0.2) is 11.4 Å². The molecule has 1 rings (SSSR count). The molecule has 0 aromatic carbocycles. The van der Waals surface area contributed by atoms with Crippen LogP contribution in [-0.4, -0.2) is 38.5 Å². The molecular formula is C9H13NO5S2. The van der Waals surface area contributed by atoms with E-state index in [1.807, 2.05) is 0 Å². The molecule has 2 N–H and O–H groups in total. The number of hydrogen-bond donors (Lipinski definition) is 2. The SMILES string of the molecule is CCOCCS(=O)(=O)Nc1ccsc1C(=O)O. The Bertz CT molecular complexity index is 479. The summed E-state index contributed by atoms with van der Waals surface area (Å²) in [5.41, 5.74) is 0.0963. The number of rotatable bonds is 7. The van der Waals surface area contributed by atoms with E-state index in [2.05, 4.69) is 4.72 Å². The van der Waals surface area contributed by atoms with E-state index in [9.17, 15) is 13.2 Å². The van der Waals surface area contributed by atoms with E-state index in [0.29, 0.717) is 6.61 Å². The Kier molecular flexibility index (Phi) is 4.91. The quantitative estimate of drug-likeness (QED) is 0.732. The molecule has 0 aliphatic heterocycles. The smallest absolute Gasteiger partial charge is 0.348 e. The van der Waals surface area contributed by atoms with Crippen molar-refractivity contribution in [3.05, 3.63) is 16.3 Å². The molecular weight excluding hydrogens is 266 g/mol. The average molecular weight is 279 g/mol. The average Bonchev–Trinajstić information content (AvgIpc) is 2.65. The number of ether oxygens (including phenoxy) is 1. The highest BCUT2D eigenvalue weighted by Crippen LogP contribution is 2.23. The lowest BCUT2D eigenvalue weighted by atomic mass is 10.4. The topological polar surface area (TPSA) is 92.7 Å². The molecule has 0 fully saturated rings. The number of thiophene rings is 1. The van der Waals surface area contributed by atoms with E-state index in [-0.39, 0.29) is 22.9 Å². The summed E-state index contributed by atoms with van der Waals surface area (Å²) in [6.07, 6.45) is 0. The number of carboxylic acids is 1. The Balaban J connectivity index is 2.69. The molecule has 8 heteroatoms. The lowest BCUT2D eigenvalue weighted by Gasteiger charge is -2.07. The van der Waals surface area contributed by atoms with E-state index in [1.54, 1.807) is 6.92 Å². The predicted octanol–water partition coefficient (Wildman–Crippen LogP) is 1.22. The Morgan fingerprint density at radius 2 is 2.29 bits per heavy atom. The fourth-order valence-electron chi connectivity index (χ4n) is 1.09. The molecule has 1 aromatic heterocycles. The molecule has 0 bridgehead atoms. The van der Waals surface area contributed by atoms with Gasteiger partial charge in [-0.05, 0) is 18.4 Å². The zero-order chi connectivity index (χ0) is 12.9. The van der Waals surface area contributed by atoms with Crippen LogP contribution < -0.4 is 4.72 Å². The number of nitrogens with one attached hydrogen (secondary N) is 1. The van der Waals surface area contributed by atoms with Crippen molar-refractivity contribution in [3.8, 4) is 0 Å². The Hall–Kier alpha value is -1.12. The van der Waals surface area contributed by atoms with Gasteiger partial charge in [0.25, 0.3) is 0 Å². The van der Waals surface area contributed by atoms with Gasteiger partial charge in [-0.25, -0.2) is 13.2 Å². The molecule has 0 atom stereocenters. The van der Waals surface area contributed by atoms with Gasteiger partial charge in [-0.1, -0.05) is 0 Å². The first-order valence-corrected chi connectivity index (χ1v) is 7.38. The Morgan fingerprint density at radius 3 is 2.88 bits per heavy atom. The van der Waals surface area contributed by atoms with Crippen molar-refractivity contribution in [1.29, 1.82) is 0 Å². The van der Waals surface area contributed by atoms with Gasteiger partial charge in [-0.3, -0.25) is 4.72 Å². The first kappa shape index (κ1) is 13.9. The summed E-state index contributed by atoms with van der Waals surface area (Å²) in [5, 5.41) is 10.3. The fraction of sp³-hybridized carbons (Fsp3) is 0.444. The minimum Gasteiger partial charge on any atom is -0.477 e. The zero-order valence-electron chi connectivity index (χ0n) is 9.17. The van der Waals surface area contributed by atoms with Crippen LogP contribution in [0.5, 0.6) is 0 Å². The van der Waals surface area contributed by atoms with Crippen molar-refractivity contribution >= 4 is 33.0 Å². The molecule has 6 nitrogen and oxygen atoms in total. The van der Waals surface area contributed by atoms with Crippen LogP contribution in [0.1, 0.15) is 16.6 Å². The van der Waals surface area contributed by atoms with Crippen LogP contribution in [0.25, 0.3) is 0 Å². The number of aromatic carboxylic acids is 1. The second kappa shape index (κ2) is 5.99. The molecule has 0 saturated heterocycles. The highest BCUT2D eigenvalue weighted by atomic mass is 32.2. The number of sulfonamides is 1. The van der Waals surface area contributed by atoms with E-state index >= 15 is 0 Å². The van der Waals surface area contributed by atoms with Crippen molar-refractivity contribution < 1.29 is 23.1 Å². The van der Waals surface area contributed by atoms with Crippen LogP contribution in [0.3, 0.4) is 0 Å². The van der Waals surface area contributed by atoms with Crippen LogP contribution in [0.2, 0.25) is 0 Å². The van der Waals surface area contributed by atoms with E-state index in [0.717, 1.165) is 11.3 Å². The monoisotopic (exact) mass is 279 g/mol. The minimum atomic E-state index is -3.56. The fourth-order valence-corrected chi connectivity index (χ4v) is 2.78. The summed E-state index contributed by atoms with van der Waals surface area (Å²) in [4.78, 5) is 10.8. The molecule has 0 amide bonds. The first-order valence-electron chi connectivity index (χ1n) is 4.85. The highest BCUT2D eigenvalue weighted by molar-refractivity contribution is 7.92. The molecule has 0 saturated carbocycles. The highest BCUT2D eigenvalue weighted by Gasteiger charge is 2.17. The third-order valence-electron chi connectivity index (χ3n) is 1.83. The van der Waals surface area contributed by atoms with Crippen molar-refractivity contribution in [1.82, 2.24) is 0 Å². The van der Waals surface area contributed by atoms with Crippen LogP contribution >= 0.6 is 11.3 Å². The normalized spacial score (nSPS) is 11.4. The van der Waals surface area contributed by atoms with Crippen molar-refractivity contribution in [2.75, 3.05) is 23.7 Å². The lowest BCUT2D eigenvalue weighted by Crippen LogP contribution is -2.20. The molecule has 0 aliphatic rings. The molecule has 0 unspecified atom stereocenters. The predicted molar refractivity (Wildman–Crippen MR) is 65.2 cm³/mol. The number of carbonyl (C=O) groups is 1. The van der Waals surface area contributed by atoms with Gasteiger partial charge < -0.3 is 9.84 Å². The summed E-state index contributed by atoms with van der Waals surface area (Å²) < 4.78 is 30.3. The third kappa shape index (κ3) is 4.33. The summed E-state index contributed by atoms with van der Waals surface area (Å²) in [6.45, 7) is 2.29. The van der Waals surface area contributed by atoms with Gasteiger partial charge in [0.15, 0.2) is 0 Å². The van der Waals surface area contributed by atoms with E-state index in [1.165, 1.54) is 11.4 Å². The first-order chi connectivity index (χ1) is 7.96. The molecule has 1 aromatic rings. The van der Waals surface area contributed by atoms with Gasteiger partial charge in [-0.2, -0.15) is 0 Å². The van der Waals surface area contributed by atoms with Crippen molar-refractivity contribution in [3.63, 3.8) is 0 Å². The molecule has 0 radical (unpaired) electrons. The largest absolute Gasteiger partial charge is 0.477 e. The van der Waals surface area contributed by atoms with Gasteiger partial charge >= 0.3 is 5.97 Å². The minimum absolute atomic E-state index is 0.0232. The maximum Gasteiger partial charge on any atom is 0.348 e.